The average Bonchev–Trinajstić information content (AvgIpc) is 2.38. The first-order valence-corrected chi connectivity index (χ1v) is 7.49. The number of hydrogen-bond donors (Lipinski definition) is 2. The number of ether oxygens (including phenoxy) is 2. The van der Waals surface area contributed by atoms with Gasteiger partial charge in [0.25, 0.3) is 5.97 Å². The zero-order valence-corrected chi connectivity index (χ0v) is 18.5. The molecule has 0 fully saturated rings. The van der Waals surface area contributed by atoms with Gasteiger partial charge >= 0.3 is 6.16 Å². The minimum Gasteiger partial charge on any atom is -0.481 e. The van der Waals surface area contributed by atoms with Crippen LogP contribution in [0.2, 0.25) is 0 Å². The van der Waals surface area contributed by atoms with Gasteiger partial charge in [0.1, 0.15) is 6.10 Å². The summed E-state index contributed by atoms with van der Waals surface area (Å²) in [6.45, 7) is 2.79. The molecule has 2 unspecified atom stereocenters. The van der Waals surface area contributed by atoms with Crippen LogP contribution in [0.1, 0.15) is 26.2 Å². The summed E-state index contributed by atoms with van der Waals surface area (Å²) in [7, 11) is 9.58. The molecule has 0 saturated heterocycles. The molecule has 2 N–H and O–H groups in total. The van der Waals surface area contributed by atoms with E-state index in [9.17, 15) is 4.79 Å². The molecule has 0 aromatic heterocycles. The summed E-state index contributed by atoms with van der Waals surface area (Å²) in [6, 6.07) is 0. The van der Waals surface area contributed by atoms with Crippen LogP contribution in [0.4, 0.5) is 4.79 Å². The molecule has 0 amide bonds. The molecule has 144 valence electrons. The van der Waals surface area contributed by atoms with Crippen LogP contribution >= 0.6 is 0 Å². The first kappa shape index (κ1) is 28.1. The minimum absolute atomic E-state index is 0. The SMILES string of the molecule is CC(=O)O.COC(CCN(C)C)CC(CCN(C)C)OC(=O)O.[W]. The van der Waals surface area contributed by atoms with Gasteiger partial charge in [-0.15, -0.1) is 0 Å². The Hall–Kier alpha value is -0.692. The van der Waals surface area contributed by atoms with E-state index in [2.05, 4.69) is 4.90 Å². The predicted octanol–water partition coefficient (Wildman–Crippen LogP) is 1.45. The molecule has 8 nitrogen and oxygen atoms in total. The van der Waals surface area contributed by atoms with Crippen LogP contribution in [-0.2, 0) is 35.3 Å². The van der Waals surface area contributed by atoms with Crippen molar-refractivity contribution in [2.75, 3.05) is 48.4 Å². The Bertz CT molecular complexity index is 325. The monoisotopic (exact) mass is 520 g/mol. The summed E-state index contributed by atoms with van der Waals surface area (Å²) in [5, 5.41) is 16.2. The van der Waals surface area contributed by atoms with E-state index in [0.717, 1.165) is 26.4 Å². The number of carboxylic acid groups (broad SMARTS) is 2. The maximum absolute atomic E-state index is 10.7. The first-order valence-electron chi connectivity index (χ1n) is 7.49. The number of carbonyl (C=O) groups is 2. The van der Waals surface area contributed by atoms with Crippen LogP contribution in [0.3, 0.4) is 0 Å². The fourth-order valence-corrected chi connectivity index (χ4v) is 1.80. The molecule has 0 heterocycles. The van der Waals surface area contributed by atoms with E-state index in [4.69, 9.17) is 24.5 Å². The van der Waals surface area contributed by atoms with Crippen molar-refractivity contribution in [1.82, 2.24) is 9.80 Å². The number of nitrogens with zero attached hydrogens (tertiary/aromatic N) is 2. The summed E-state index contributed by atoms with van der Waals surface area (Å²) in [5.41, 5.74) is 0. The van der Waals surface area contributed by atoms with Gasteiger partial charge in [0.15, 0.2) is 0 Å². The van der Waals surface area contributed by atoms with E-state index in [1.807, 2.05) is 33.1 Å². The average molecular weight is 520 g/mol. The van der Waals surface area contributed by atoms with Crippen molar-refractivity contribution >= 4 is 12.1 Å². The molecule has 0 aromatic carbocycles. The van der Waals surface area contributed by atoms with Crippen LogP contribution in [0.5, 0.6) is 0 Å². The van der Waals surface area contributed by atoms with Crippen molar-refractivity contribution in [3.63, 3.8) is 0 Å². The quantitative estimate of drug-likeness (QED) is 0.418. The molecule has 0 bridgehead atoms. The summed E-state index contributed by atoms with van der Waals surface area (Å²) >= 11 is 0. The van der Waals surface area contributed by atoms with Gasteiger partial charge in [0.2, 0.25) is 0 Å². The zero-order valence-electron chi connectivity index (χ0n) is 15.5. The van der Waals surface area contributed by atoms with E-state index in [0.29, 0.717) is 12.8 Å². The predicted molar refractivity (Wildman–Crippen MR) is 88.0 cm³/mol. The molecule has 0 aliphatic rings. The Morgan fingerprint density at radius 2 is 1.33 bits per heavy atom. The Morgan fingerprint density at radius 1 is 0.958 bits per heavy atom. The molecule has 0 spiro atoms. The Labute approximate surface area is 159 Å². The van der Waals surface area contributed by atoms with Crippen molar-refractivity contribution in [1.29, 1.82) is 0 Å². The molecular weight excluding hydrogens is 488 g/mol. The molecule has 0 radical (unpaired) electrons. The normalized spacial score (nSPS) is 12.7. The summed E-state index contributed by atoms with van der Waals surface area (Å²) < 4.78 is 10.3. The van der Waals surface area contributed by atoms with Crippen molar-refractivity contribution in [2.45, 2.75) is 38.4 Å². The van der Waals surface area contributed by atoms with E-state index < -0.39 is 12.1 Å². The van der Waals surface area contributed by atoms with Crippen LogP contribution in [-0.4, -0.2) is 92.7 Å². The van der Waals surface area contributed by atoms with Crippen molar-refractivity contribution in [2.24, 2.45) is 0 Å². The summed E-state index contributed by atoms with van der Waals surface area (Å²) in [5.74, 6) is -0.833. The second-order valence-electron chi connectivity index (χ2n) is 5.80. The summed E-state index contributed by atoms with van der Waals surface area (Å²) in [6.07, 6.45) is 0.642. The molecule has 0 aromatic rings. The number of rotatable bonds is 10. The molecule has 0 aliphatic carbocycles. The van der Waals surface area contributed by atoms with Crippen molar-refractivity contribution in [3.8, 4) is 0 Å². The van der Waals surface area contributed by atoms with Crippen LogP contribution < -0.4 is 0 Å². The third-order valence-electron chi connectivity index (χ3n) is 2.92. The molecule has 2 atom stereocenters. The molecule has 0 rings (SSSR count). The first-order chi connectivity index (χ1) is 10.6. The van der Waals surface area contributed by atoms with Gasteiger partial charge in [-0.25, -0.2) is 4.79 Å². The number of methoxy groups -OCH3 is 1. The van der Waals surface area contributed by atoms with Gasteiger partial charge in [-0.2, -0.15) is 0 Å². The third-order valence-corrected chi connectivity index (χ3v) is 2.92. The van der Waals surface area contributed by atoms with Gasteiger partial charge in [0, 0.05) is 48.1 Å². The smallest absolute Gasteiger partial charge is 0.481 e. The van der Waals surface area contributed by atoms with E-state index >= 15 is 0 Å². The van der Waals surface area contributed by atoms with Crippen molar-refractivity contribution in [3.05, 3.63) is 0 Å². The molecule has 9 heteroatoms. The third kappa shape index (κ3) is 23.6. The van der Waals surface area contributed by atoms with Gasteiger partial charge < -0.3 is 29.5 Å². The Morgan fingerprint density at radius 3 is 1.62 bits per heavy atom. The van der Waals surface area contributed by atoms with E-state index in [1.165, 1.54) is 0 Å². The van der Waals surface area contributed by atoms with Crippen LogP contribution in [0.25, 0.3) is 0 Å². The number of hydrogen-bond acceptors (Lipinski definition) is 6. The van der Waals surface area contributed by atoms with Crippen LogP contribution in [0, 0.1) is 0 Å². The van der Waals surface area contributed by atoms with Gasteiger partial charge in [0.05, 0.1) is 6.10 Å². The molecule has 0 saturated carbocycles. The van der Waals surface area contributed by atoms with E-state index in [-0.39, 0.29) is 33.3 Å². The second kappa shape index (κ2) is 17.1. The maximum atomic E-state index is 10.7. The van der Waals surface area contributed by atoms with E-state index in [1.54, 1.807) is 7.11 Å². The fourth-order valence-electron chi connectivity index (χ4n) is 1.80. The molecular formula is C15H32N2O6W. The Kier molecular flexibility index (Phi) is 20.1. The Balaban J connectivity index is -0.000000787. The van der Waals surface area contributed by atoms with Crippen molar-refractivity contribution < 1.29 is 50.3 Å². The topological polar surface area (TPSA) is 99.5 Å². The van der Waals surface area contributed by atoms with Gasteiger partial charge in [-0.05, 0) is 47.6 Å². The summed E-state index contributed by atoms with van der Waals surface area (Å²) in [4.78, 5) is 23.8. The van der Waals surface area contributed by atoms with Gasteiger partial charge in [-0.1, -0.05) is 0 Å². The van der Waals surface area contributed by atoms with Gasteiger partial charge in [-0.3, -0.25) is 4.79 Å². The number of carboxylic acids is 1. The largest absolute Gasteiger partial charge is 0.506 e. The standard InChI is InChI=1S/C13H28N2O4.C2H4O2.W/c1-14(2)8-6-11(18-5)10-12(19-13(16)17)7-9-15(3)4;1-2(3)4;/h11-12H,6-10H2,1-5H3,(H,16,17);1H3,(H,3,4);. The second-order valence-corrected chi connectivity index (χ2v) is 5.80. The molecule has 24 heavy (non-hydrogen) atoms. The van der Waals surface area contributed by atoms with Crippen LogP contribution in [0.15, 0.2) is 0 Å². The fraction of sp³-hybridized carbons (Fsp3) is 0.867. The zero-order chi connectivity index (χ0) is 18.4. The maximum Gasteiger partial charge on any atom is 0.506 e. The number of aliphatic carboxylic acids is 1. The molecule has 0 aliphatic heterocycles. The minimum atomic E-state index is -1.22.